The fraction of sp³-hybridized carbons (Fsp3) is 0.133. The summed E-state index contributed by atoms with van der Waals surface area (Å²) in [4.78, 5) is 0. The van der Waals surface area contributed by atoms with E-state index < -0.39 is 0 Å². The molecule has 3 aromatic rings. The van der Waals surface area contributed by atoms with Crippen LogP contribution in [-0.2, 0) is 6.54 Å². The second-order valence-corrected chi connectivity index (χ2v) is 5.48. The van der Waals surface area contributed by atoms with E-state index in [1.807, 2.05) is 0 Å². The topological polar surface area (TPSA) is 28.7 Å². The Morgan fingerprint density at radius 2 is 1.83 bits per heavy atom. The molecule has 0 N–H and O–H groups in total. The number of nitriles is 1. The number of para-hydroxylation sites is 1. The van der Waals surface area contributed by atoms with Crippen molar-refractivity contribution in [3.63, 3.8) is 0 Å². The second kappa shape index (κ2) is 4.62. The lowest BCUT2D eigenvalue weighted by molar-refractivity contribution is 0.768. The first kappa shape index (κ1) is 11.5. The van der Waals surface area contributed by atoms with E-state index in [9.17, 15) is 0 Å². The molecular formula is C15H11IN2. The zero-order valence-electron chi connectivity index (χ0n) is 9.73. The van der Waals surface area contributed by atoms with E-state index in [2.05, 4.69) is 75.7 Å². The van der Waals surface area contributed by atoms with Gasteiger partial charge in [-0.25, -0.2) is 0 Å². The van der Waals surface area contributed by atoms with Crippen LogP contribution in [0.2, 0.25) is 0 Å². The van der Waals surface area contributed by atoms with E-state index >= 15 is 0 Å². The molecule has 0 aliphatic heterocycles. The average Bonchev–Trinajstić information content (AvgIpc) is 2.70. The summed E-state index contributed by atoms with van der Waals surface area (Å²) >= 11 is 2.34. The molecule has 3 heteroatoms. The summed E-state index contributed by atoms with van der Waals surface area (Å²) in [5.74, 6) is 0. The van der Waals surface area contributed by atoms with Crippen molar-refractivity contribution in [2.45, 2.75) is 13.0 Å². The summed E-state index contributed by atoms with van der Waals surface area (Å²) in [6.45, 7) is 0.751. The molecule has 1 heterocycles. The van der Waals surface area contributed by atoms with Gasteiger partial charge in [0.05, 0.1) is 12.5 Å². The number of hydrogen-bond acceptors (Lipinski definition) is 1. The van der Waals surface area contributed by atoms with Crippen LogP contribution in [0.3, 0.4) is 0 Å². The largest absolute Gasteiger partial charge is 0.339 e. The molecule has 0 atom stereocenters. The average molecular weight is 346 g/mol. The predicted octanol–water partition coefficient (Wildman–Crippen LogP) is 4.31. The minimum Gasteiger partial charge on any atom is -0.339 e. The van der Waals surface area contributed by atoms with Crippen molar-refractivity contribution in [2.24, 2.45) is 0 Å². The van der Waals surface area contributed by atoms with Gasteiger partial charge in [-0.2, -0.15) is 5.26 Å². The van der Waals surface area contributed by atoms with Gasteiger partial charge in [-0.15, -0.1) is 0 Å². The maximum atomic E-state index is 8.79. The Hall–Kier alpha value is -1.54. The molecule has 0 radical (unpaired) electrons. The fourth-order valence-electron chi connectivity index (χ4n) is 2.43. The van der Waals surface area contributed by atoms with Gasteiger partial charge in [0.2, 0.25) is 0 Å². The minimum atomic E-state index is 0.541. The Morgan fingerprint density at radius 1 is 1.06 bits per heavy atom. The molecule has 0 aliphatic carbocycles. The van der Waals surface area contributed by atoms with Crippen molar-refractivity contribution in [2.75, 3.05) is 0 Å². The predicted molar refractivity (Wildman–Crippen MR) is 82.4 cm³/mol. The van der Waals surface area contributed by atoms with Gasteiger partial charge in [0.1, 0.15) is 0 Å². The van der Waals surface area contributed by atoms with Crippen LogP contribution < -0.4 is 0 Å². The SMILES string of the molecule is N#CCCn1c2ccccc2c2cc(I)ccc21. The van der Waals surface area contributed by atoms with Crippen LogP contribution in [0, 0.1) is 14.9 Å². The van der Waals surface area contributed by atoms with Gasteiger partial charge in [0.15, 0.2) is 0 Å². The van der Waals surface area contributed by atoms with Gasteiger partial charge in [-0.1, -0.05) is 18.2 Å². The van der Waals surface area contributed by atoms with Gasteiger partial charge < -0.3 is 4.57 Å². The quantitative estimate of drug-likeness (QED) is 0.636. The highest BCUT2D eigenvalue weighted by molar-refractivity contribution is 14.1. The number of halogens is 1. The number of aromatic nitrogens is 1. The molecule has 0 unspecified atom stereocenters. The van der Waals surface area contributed by atoms with Gasteiger partial charge in [-0.3, -0.25) is 0 Å². The minimum absolute atomic E-state index is 0.541. The molecule has 0 spiro atoms. The monoisotopic (exact) mass is 346 g/mol. The van der Waals surface area contributed by atoms with Crippen molar-refractivity contribution in [3.05, 3.63) is 46.0 Å². The van der Waals surface area contributed by atoms with Crippen LogP contribution in [0.4, 0.5) is 0 Å². The molecule has 0 amide bonds. The number of benzene rings is 2. The van der Waals surface area contributed by atoms with Crippen LogP contribution in [0.15, 0.2) is 42.5 Å². The van der Waals surface area contributed by atoms with Crippen LogP contribution >= 0.6 is 22.6 Å². The lowest BCUT2D eigenvalue weighted by Crippen LogP contribution is -1.96. The van der Waals surface area contributed by atoms with Crippen LogP contribution in [-0.4, -0.2) is 4.57 Å². The normalized spacial score (nSPS) is 10.9. The summed E-state index contributed by atoms with van der Waals surface area (Å²) in [5, 5.41) is 11.3. The highest BCUT2D eigenvalue weighted by Gasteiger charge is 2.09. The van der Waals surface area contributed by atoms with E-state index in [1.54, 1.807) is 0 Å². The Bertz CT molecular complexity index is 765. The molecule has 2 nitrogen and oxygen atoms in total. The number of nitrogens with zero attached hydrogens (tertiary/aromatic N) is 2. The number of rotatable bonds is 2. The van der Waals surface area contributed by atoms with E-state index in [0.29, 0.717) is 6.42 Å². The zero-order valence-corrected chi connectivity index (χ0v) is 11.9. The summed E-state index contributed by atoms with van der Waals surface area (Å²) < 4.78 is 3.48. The van der Waals surface area contributed by atoms with Crippen molar-refractivity contribution in [3.8, 4) is 6.07 Å². The first-order chi connectivity index (χ1) is 8.81. The lowest BCUT2D eigenvalue weighted by Gasteiger charge is -2.03. The molecule has 0 aliphatic rings. The second-order valence-electron chi connectivity index (χ2n) is 4.24. The van der Waals surface area contributed by atoms with Crippen molar-refractivity contribution in [1.29, 1.82) is 5.26 Å². The Balaban J connectivity index is 2.39. The molecule has 3 rings (SSSR count). The van der Waals surface area contributed by atoms with E-state index in [-0.39, 0.29) is 0 Å². The van der Waals surface area contributed by atoms with E-state index in [0.717, 1.165) is 6.54 Å². The van der Waals surface area contributed by atoms with E-state index in [1.165, 1.54) is 25.4 Å². The molecule has 0 bridgehead atoms. The zero-order chi connectivity index (χ0) is 12.5. The number of aryl methyl sites for hydroxylation is 1. The third-order valence-electron chi connectivity index (χ3n) is 3.18. The molecule has 0 fully saturated rings. The molecule has 2 aromatic carbocycles. The first-order valence-electron chi connectivity index (χ1n) is 5.84. The third-order valence-corrected chi connectivity index (χ3v) is 3.85. The number of hydrogen-bond donors (Lipinski definition) is 0. The maximum Gasteiger partial charge on any atom is 0.0640 e. The van der Waals surface area contributed by atoms with Gasteiger partial charge >= 0.3 is 0 Å². The molecule has 88 valence electrons. The Morgan fingerprint density at radius 3 is 2.67 bits per heavy atom. The first-order valence-corrected chi connectivity index (χ1v) is 6.92. The lowest BCUT2D eigenvalue weighted by atomic mass is 10.2. The van der Waals surface area contributed by atoms with E-state index in [4.69, 9.17) is 5.26 Å². The fourth-order valence-corrected chi connectivity index (χ4v) is 2.92. The summed E-state index contributed by atoms with van der Waals surface area (Å²) in [7, 11) is 0. The maximum absolute atomic E-state index is 8.79. The summed E-state index contributed by atoms with van der Waals surface area (Å²) in [6.07, 6.45) is 0.541. The Labute approximate surface area is 119 Å². The van der Waals surface area contributed by atoms with Crippen molar-refractivity contribution >= 4 is 44.4 Å². The van der Waals surface area contributed by atoms with Crippen molar-refractivity contribution in [1.82, 2.24) is 4.57 Å². The third kappa shape index (κ3) is 1.77. The molecule has 0 saturated carbocycles. The Kier molecular flexibility index (Phi) is 2.96. The van der Waals surface area contributed by atoms with Gasteiger partial charge in [0, 0.05) is 31.9 Å². The smallest absolute Gasteiger partial charge is 0.0640 e. The highest BCUT2D eigenvalue weighted by atomic mass is 127. The molecular weight excluding hydrogens is 335 g/mol. The van der Waals surface area contributed by atoms with Gasteiger partial charge in [-0.05, 0) is 46.9 Å². The highest BCUT2D eigenvalue weighted by Crippen LogP contribution is 2.30. The summed E-state index contributed by atoms with van der Waals surface area (Å²) in [5.41, 5.74) is 2.43. The van der Waals surface area contributed by atoms with Crippen LogP contribution in [0.25, 0.3) is 21.8 Å². The van der Waals surface area contributed by atoms with Crippen LogP contribution in [0.1, 0.15) is 6.42 Å². The molecule has 18 heavy (non-hydrogen) atoms. The number of fused-ring (bicyclic) bond motifs is 3. The van der Waals surface area contributed by atoms with Crippen molar-refractivity contribution < 1.29 is 0 Å². The standard InChI is InChI=1S/C15H11IN2/c16-11-6-7-15-13(10-11)12-4-1-2-5-14(12)18(15)9-3-8-17/h1-2,4-7,10H,3,9H2. The van der Waals surface area contributed by atoms with Gasteiger partial charge in [0.25, 0.3) is 0 Å². The molecule has 1 aromatic heterocycles. The van der Waals surface area contributed by atoms with Crippen LogP contribution in [0.5, 0.6) is 0 Å². The molecule has 0 saturated heterocycles. The summed E-state index contributed by atoms with van der Waals surface area (Å²) in [6, 6.07) is 17.1.